The Morgan fingerprint density at radius 2 is 1.70 bits per heavy atom. The molecule has 4 fully saturated rings. The average Bonchev–Trinajstić information content (AvgIpc) is 2.57. The predicted molar refractivity (Wildman–Crippen MR) is 100 cm³/mol. The largest absolute Gasteiger partial charge is 0.452 e. The summed E-state index contributed by atoms with van der Waals surface area (Å²) in [6.07, 6.45) is 7.14. The number of carbonyl (C=O) groups excluding carboxylic acids is 3. The van der Waals surface area contributed by atoms with Crippen molar-refractivity contribution in [2.75, 3.05) is 11.9 Å². The van der Waals surface area contributed by atoms with Crippen molar-refractivity contribution >= 4 is 23.5 Å². The fraction of sp³-hybridized carbons (Fsp3) is 0.571. The highest BCUT2D eigenvalue weighted by Gasteiger charge is 2.51. The van der Waals surface area contributed by atoms with Crippen LogP contribution in [0.2, 0.25) is 0 Å². The molecule has 0 aromatic heterocycles. The van der Waals surface area contributed by atoms with E-state index in [0.29, 0.717) is 11.3 Å². The second-order valence-corrected chi connectivity index (χ2v) is 8.58. The molecular formula is C21H26N2O4. The van der Waals surface area contributed by atoms with E-state index in [1.54, 1.807) is 24.3 Å². The van der Waals surface area contributed by atoms with Gasteiger partial charge in [0.25, 0.3) is 5.91 Å². The summed E-state index contributed by atoms with van der Waals surface area (Å²) < 4.78 is 5.20. The van der Waals surface area contributed by atoms with E-state index in [2.05, 4.69) is 10.6 Å². The van der Waals surface area contributed by atoms with Crippen LogP contribution in [-0.2, 0) is 14.3 Å². The molecule has 4 saturated carbocycles. The zero-order valence-corrected chi connectivity index (χ0v) is 15.6. The van der Waals surface area contributed by atoms with Crippen LogP contribution in [0.1, 0.15) is 55.8 Å². The topological polar surface area (TPSA) is 84.5 Å². The molecule has 0 saturated heterocycles. The molecule has 0 heterocycles. The summed E-state index contributed by atoms with van der Waals surface area (Å²) >= 11 is 0. The number of amides is 2. The van der Waals surface area contributed by atoms with Crippen LogP contribution in [0.4, 0.5) is 5.69 Å². The third kappa shape index (κ3) is 3.99. The average molecular weight is 370 g/mol. The lowest BCUT2D eigenvalue weighted by atomic mass is 9.53. The second kappa shape index (κ2) is 6.98. The molecule has 0 aliphatic heterocycles. The van der Waals surface area contributed by atoms with Gasteiger partial charge in [-0.2, -0.15) is 0 Å². The molecule has 0 atom stereocenters. The van der Waals surface area contributed by atoms with Crippen molar-refractivity contribution in [3.63, 3.8) is 0 Å². The molecule has 6 heteroatoms. The van der Waals surface area contributed by atoms with Gasteiger partial charge in [-0.15, -0.1) is 0 Å². The Labute approximate surface area is 159 Å². The van der Waals surface area contributed by atoms with Gasteiger partial charge in [-0.3, -0.25) is 9.59 Å². The highest BCUT2D eigenvalue weighted by Crippen LogP contribution is 2.55. The minimum atomic E-state index is -0.567. The van der Waals surface area contributed by atoms with Crippen LogP contribution >= 0.6 is 0 Å². The van der Waals surface area contributed by atoms with Crippen LogP contribution in [0.25, 0.3) is 0 Å². The third-order valence-corrected chi connectivity index (χ3v) is 6.20. The summed E-state index contributed by atoms with van der Waals surface area (Å²) in [5.41, 5.74) is 0.752. The highest BCUT2D eigenvalue weighted by molar-refractivity contribution is 5.94. The molecule has 4 aliphatic rings. The van der Waals surface area contributed by atoms with Crippen molar-refractivity contribution in [1.82, 2.24) is 5.32 Å². The number of ether oxygens (including phenoxy) is 1. The molecule has 27 heavy (non-hydrogen) atoms. The molecule has 0 unspecified atom stereocenters. The number of benzene rings is 1. The van der Waals surface area contributed by atoms with Crippen LogP contribution in [-0.4, -0.2) is 29.9 Å². The van der Waals surface area contributed by atoms with Crippen molar-refractivity contribution in [2.24, 2.45) is 17.8 Å². The molecule has 2 amide bonds. The van der Waals surface area contributed by atoms with Gasteiger partial charge in [0.1, 0.15) is 0 Å². The number of anilines is 1. The zero-order valence-electron chi connectivity index (χ0n) is 15.6. The lowest BCUT2D eigenvalue weighted by Gasteiger charge is -2.56. The van der Waals surface area contributed by atoms with Gasteiger partial charge in [0.05, 0.1) is 5.56 Å². The first-order valence-corrected chi connectivity index (χ1v) is 9.76. The van der Waals surface area contributed by atoms with E-state index in [1.165, 1.54) is 26.2 Å². The van der Waals surface area contributed by atoms with Crippen molar-refractivity contribution < 1.29 is 19.1 Å². The molecule has 0 spiro atoms. The molecule has 1 aromatic carbocycles. The normalized spacial score (nSPS) is 30.6. The second-order valence-electron chi connectivity index (χ2n) is 8.58. The summed E-state index contributed by atoms with van der Waals surface area (Å²) in [6, 6.07) is 6.50. The monoisotopic (exact) mass is 370 g/mol. The van der Waals surface area contributed by atoms with Gasteiger partial charge in [0, 0.05) is 18.2 Å². The lowest BCUT2D eigenvalue weighted by Crippen LogP contribution is -2.60. The molecule has 4 bridgehead atoms. The van der Waals surface area contributed by atoms with Gasteiger partial charge in [-0.25, -0.2) is 4.79 Å². The summed E-state index contributed by atoms with van der Waals surface area (Å²) in [7, 11) is 0. The number of hydrogen-bond donors (Lipinski definition) is 2. The third-order valence-electron chi connectivity index (χ3n) is 6.20. The fourth-order valence-electron chi connectivity index (χ4n) is 5.74. The zero-order chi connectivity index (χ0) is 19.0. The molecule has 4 aliphatic carbocycles. The van der Waals surface area contributed by atoms with E-state index >= 15 is 0 Å². The van der Waals surface area contributed by atoms with Crippen LogP contribution < -0.4 is 10.6 Å². The van der Waals surface area contributed by atoms with Gasteiger partial charge in [0.2, 0.25) is 5.91 Å². The number of rotatable bonds is 5. The summed E-state index contributed by atoms with van der Waals surface area (Å²) in [6.45, 7) is 1.13. The Bertz CT molecular complexity index is 738. The Hall–Kier alpha value is -2.37. The molecule has 6 nitrogen and oxygen atoms in total. The maximum absolute atomic E-state index is 12.4. The van der Waals surface area contributed by atoms with E-state index in [0.717, 1.165) is 37.0 Å². The van der Waals surface area contributed by atoms with Gasteiger partial charge < -0.3 is 15.4 Å². The highest BCUT2D eigenvalue weighted by atomic mass is 16.5. The van der Waals surface area contributed by atoms with Gasteiger partial charge in [0.15, 0.2) is 6.61 Å². The Morgan fingerprint density at radius 1 is 1.07 bits per heavy atom. The summed E-state index contributed by atoms with van der Waals surface area (Å²) in [4.78, 5) is 35.8. The minimum Gasteiger partial charge on any atom is -0.452 e. The maximum Gasteiger partial charge on any atom is 0.338 e. The van der Waals surface area contributed by atoms with Crippen molar-refractivity contribution in [3.8, 4) is 0 Å². The number of hydrogen-bond acceptors (Lipinski definition) is 4. The van der Waals surface area contributed by atoms with Gasteiger partial charge in [-0.05, 0) is 74.5 Å². The van der Waals surface area contributed by atoms with E-state index < -0.39 is 5.97 Å². The fourth-order valence-corrected chi connectivity index (χ4v) is 5.74. The minimum absolute atomic E-state index is 0.0798. The predicted octanol–water partition coefficient (Wildman–Crippen LogP) is 2.89. The smallest absolute Gasteiger partial charge is 0.338 e. The van der Waals surface area contributed by atoms with E-state index in [4.69, 9.17) is 4.74 Å². The molecule has 1 aromatic rings. The van der Waals surface area contributed by atoms with Gasteiger partial charge in [-0.1, -0.05) is 6.07 Å². The maximum atomic E-state index is 12.4. The molecule has 0 radical (unpaired) electrons. The summed E-state index contributed by atoms with van der Waals surface area (Å²) in [5.74, 6) is 1.24. The van der Waals surface area contributed by atoms with Crippen molar-refractivity contribution in [2.45, 2.75) is 51.0 Å². The quantitative estimate of drug-likeness (QED) is 0.781. The SMILES string of the molecule is CC(=O)Nc1cccc(C(=O)OCC(=O)NC23CC4CC(CC(C4)C2)C3)c1. The number of nitrogens with one attached hydrogen (secondary N) is 2. The Balaban J connectivity index is 1.32. The molecular weight excluding hydrogens is 344 g/mol. The first-order valence-electron chi connectivity index (χ1n) is 9.76. The van der Waals surface area contributed by atoms with Crippen LogP contribution in [0.3, 0.4) is 0 Å². The van der Waals surface area contributed by atoms with E-state index in [-0.39, 0.29) is 24.0 Å². The first kappa shape index (κ1) is 18.0. The number of esters is 1. The molecule has 2 N–H and O–H groups in total. The molecule has 144 valence electrons. The van der Waals surface area contributed by atoms with Crippen LogP contribution in [0.15, 0.2) is 24.3 Å². The Kier molecular flexibility index (Phi) is 4.66. The van der Waals surface area contributed by atoms with Crippen LogP contribution in [0, 0.1) is 17.8 Å². The standard InChI is InChI=1S/C21H26N2O4/c1-13(24)22-18-4-2-3-17(8-18)20(26)27-12-19(25)23-21-9-14-5-15(10-21)7-16(6-14)11-21/h2-4,8,14-16H,5-7,9-12H2,1H3,(H,22,24)(H,23,25). The molecule has 5 rings (SSSR count). The van der Waals surface area contributed by atoms with Crippen LogP contribution in [0.5, 0.6) is 0 Å². The van der Waals surface area contributed by atoms with E-state index in [1.807, 2.05) is 0 Å². The van der Waals surface area contributed by atoms with Crippen molar-refractivity contribution in [3.05, 3.63) is 29.8 Å². The lowest BCUT2D eigenvalue weighted by molar-refractivity contribution is -0.130. The van der Waals surface area contributed by atoms with E-state index in [9.17, 15) is 14.4 Å². The summed E-state index contributed by atoms with van der Waals surface area (Å²) in [5, 5.41) is 5.82. The van der Waals surface area contributed by atoms with Gasteiger partial charge >= 0.3 is 5.97 Å². The number of carbonyl (C=O) groups is 3. The Morgan fingerprint density at radius 3 is 2.30 bits per heavy atom. The first-order chi connectivity index (χ1) is 12.9. The van der Waals surface area contributed by atoms with Crippen molar-refractivity contribution in [1.29, 1.82) is 0 Å².